The van der Waals surface area contributed by atoms with Crippen LogP contribution in [0.25, 0.3) is 0 Å². The van der Waals surface area contributed by atoms with Gasteiger partial charge < -0.3 is 14.2 Å². The van der Waals surface area contributed by atoms with Gasteiger partial charge in [-0.05, 0) is 32.1 Å². The van der Waals surface area contributed by atoms with Crippen molar-refractivity contribution in [2.75, 3.05) is 20.3 Å². The van der Waals surface area contributed by atoms with Crippen molar-refractivity contribution in [1.82, 2.24) is 0 Å². The minimum absolute atomic E-state index is 0.0152. The van der Waals surface area contributed by atoms with Crippen molar-refractivity contribution in [3.8, 4) is 0 Å². The summed E-state index contributed by atoms with van der Waals surface area (Å²) in [6.07, 6.45) is 4.47. The van der Waals surface area contributed by atoms with Gasteiger partial charge in [-0.2, -0.15) is 0 Å². The van der Waals surface area contributed by atoms with Crippen LogP contribution in [0.2, 0.25) is 0 Å². The molecule has 1 unspecified atom stereocenters. The molecule has 0 N–H and O–H groups in total. The molecule has 19 heavy (non-hydrogen) atoms. The van der Waals surface area contributed by atoms with Gasteiger partial charge in [0, 0.05) is 6.42 Å². The SMILES string of the molecule is COC(=O)C1(CCC2OCCCO2)CCCCC1=O. The fourth-order valence-corrected chi connectivity index (χ4v) is 2.94. The maximum atomic E-state index is 12.2. The van der Waals surface area contributed by atoms with Gasteiger partial charge in [-0.25, -0.2) is 0 Å². The summed E-state index contributed by atoms with van der Waals surface area (Å²) in [5, 5.41) is 0. The summed E-state index contributed by atoms with van der Waals surface area (Å²) in [5.74, 6) is -0.380. The van der Waals surface area contributed by atoms with Crippen molar-refractivity contribution in [2.24, 2.45) is 5.41 Å². The molecule has 1 saturated heterocycles. The van der Waals surface area contributed by atoms with Gasteiger partial charge in [0.15, 0.2) is 6.29 Å². The Labute approximate surface area is 113 Å². The Kier molecular flexibility index (Phi) is 4.93. The second-order valence-corrected chi connectivity index (χ2v) is 5.27. The van der Waals surface area contributed by atoms with Crippen LogP contribution in [-0.4, -0.2) is 38.4 Å². The number of Topliss-reactive ketones (excluding diaryl/α,β-unsaturated/α-hetero) is 1. The Bertz CT molecular complexity index is 325. The van der Waals surface area contributed by atoms with Crippen LogP contribution in [0.15, 0.2) is 0 Å². The lowest BCUT2D eigenvalue weighted by Gasteiger charge is -2.34. The molecule has 0 aromatic heterocycles. The van der Waals surface area contributed by atoms with E-state index in [-0.39, 0.29) is 12.1 Å². The monoisotopic (exact) mass is 270 g/mol. The maximum absolute atomic E-state index is 12.2. The molecule has 0 radical (unpaired) electrons. The van der Waals surface area contributed by atoms with Crippen molar-refractivity contribution in [3.05, 3.63) is 0 Å². The Morgan fingerprint density at radius 1 is 1.32 bits per heavy atom. The molecular weight excluding hydrogens is 248 g/mol. The van der Waals surface area contributed by atoms with Crippen LogP contribution in [-0.2, 0) is 23.8 Å². The van der Waals surface area contributed by atoms with Crippen LogP contribution < -0.4 is 0 Å². The molecule has 0 spiro atoms. The highest BCUT2D eigenvalue weighted by molar-refractivity contribution is 6.04. The van der Waals surface area contributed by atoms with Crippen LogP contribution in [0.4, 0.5) is 0 Å². The highest BCUT2D eigenvalue weighted by atomic mass is 16.7. The van der Waals surface area contributed by atoms with Gasteiger partial charge in [0.2, 0.25) is 0 Å². The average Bonchev–Trinajstić information content (AvgIpc) is 2.47. The van der Waals surface area contributed by atoms with E-state index in [1.54, 1.807) is 0 Å². The normalized spacial score (nSPS) is 29.2. The predicted octanol–water partition coefficient (Wildman–Crippen LogP) is 1.83. The summed E-state index contributed by atoms with van der Waals surface area (Å²) >= 11 is 0. The van der Waals surface area contributed by atoms with Gasteiger partial charge in [-0.3, -0.25) is 9.59 Å². The standard InChI is InChI=1S/C14H22O5/c1-17-13(16)14(7-3-2-5-11(14)15)8-6-12-18-9-4-10-19-12/h12H,2-10H2,1H3. The molecule has 2 aliphatic rings. The first-order valence-corrected chi connectivity index (χ1v) is 7.04. The lowest BCUT2D eigenvalue weighted by Crippen LogP contribution is -2.43. The van der Waals surface area contributed by atoms with Gasteiger partial charge in [-0.15, -0.1) is 0 Å². The largest absolute Gasteiger partial charge is 0.468 e. The number of rotatable bonds is 4. The van der Waals surface area contributed by atoms with Gasteiger partial charge in [0.05, 0.1) is 20.3 Å². The number of methoxy groups -OCH3 is 1. The summed E-state index contributed by atoms with van der Waals surface area (Å²) in [5.41, 5.74) is -0.961. The summed E-state index contributed by atoms with van der Waals surface area (Å²) in [7, 11) is 1.35. The Morgan fingerprint density at radius 2 is 2.05 bits per heavy atom. The Hall–Kier alpha value is -0.940. The van der Waals surface area contributed by atoms with E-state index < -0.39 is 11.4 Å². The molecule has 1 aliphatic heterocycles. The quantitative estimate of drug-likeness (QED) is 0.576. The van der Waals surface area contributed by atoms with Crippen molar-refractivity contribution in [1.29, 1.82) is 0 Å². The zero-order chi connectivity index (χ0) is 13.7. The van der Waals surface area contributed by atoms with Crippen LogP contribution in [0.5, 0.6) is 0 Å². The smallest absolute Gasteiger partial charge is 0.319 e. The summed E-state index contributed by atoms with van der Waals surface area (Å²) in [6.45, 7) is 1.37. The number of carbonyl (C=O) groups is 2. The molecular formula is C14H22O5. The van der Waals surface area contributed by atoms with Crippen molar-refractivity contribution in [3.63, 3.8) is 0 Å². The fraction of sp³-hybridized carbons (Fsp3) is 0.857. The van der Waals surface area contributed by atoms with Gasteiger partial charge in [-0.1, -0.05) is 6.42 Å². The molecule has 2 rings (SSSR count). The maximum Gasteiger partial charge on any atom is 0.319 e. The molecule has 108 valence electrons. The second-order valence-electron chi connectivity index (χ2n) is 5.27. The highest BCUT2D eigenvalue weighted by Crippen LogP contribution is 2.39. The number of hydrogen-bond donors (Lipinski definition) is 0. The fourth-order valence-electron chi connectivity index (χ4n) is 2.94. The molecule has 0 bridgehead atoms. The van der Waals surface area contributed by atoms with E-state index in [0.717, 1.165) is 19.3 Å². The second kappa shape index (κ2) is 6.48. The molecule has 0 amide bonds. The number of hydrogen-bond acceptors (Lipinski definition) is 5. The van der Waals surface area contributed by atoms with E-state index >= 15 is 0 Å². The van der Waals surface area contributed by atoms with Crippen LogP contribution in [0.3, 0.4) is 0 Å². The van der Waals surface area contributed by atoms with Gasteiger partial charge in [0.1, 0.15) is 11.2 Å². The van der Waals surface area contributed by atoms with Crippen LogP contribution in [0.1, 0.15) is 44.9 Å². The summed E-state index contributed by atoms with van der Waals surface area (Å²) in [6, 6.07) is 0. The topological polar surface area (TPSA) is 61.8 Å². The first-order chi connectivity index (χ1) is 9.19. The highest BCUT2D eigenvalue weighted by Gasteiger charge is 2.47. The van der Waals surface area contributed by atoms with Crippen molar-refractivity contribution >= 4 is 11.8 Å². The molecule has 1 saturated carbocycles. The van der Waals surface area contributed by atoms with E-state index in [4.69, 9.17) is 14.2 Å². The predicted molar refractivity (Wildman–Crippen MR) is 67.5 cm³/mol. The molecule has 1 atom stereocenters. The lowest BCUT2D eigenvalue weighted by atomic mass is 9.70. The van der Waals surface area contributed by atoms with Gasteiger partial charge >= 0.3 is 5.97 Å². The molecule has 0 aromatic carbocycles. The molecule has 1 heterocycles. The zero-order valence-corrected chi connectivity index (χ0v) is 11.5. The summed E-state index contributed by atoms with van der Waals surface area (Å²) < 4.78 is 15.8. The number of ether oxygens (including phenoxy) is 3. The zero-order valence-electron chi connectivity index (χ0n) is 11.5. The van der Waals surface area contributed by atoms with Gasteiger partial charge in [0.25, 0.3) is 0 Å². The van der Waals surface area contributed by atoms with E-state index in [2.05, 4.69) is 0 Å². The molecule has 1 aliphatic carbocycles. The minimum Gasteiger partial charge on any atom is -0.468 e. The third-order valence-corrected chi connectivity index (χ3v) is 4.07. The third kappa shape index (κ3) is 3.15. The molecule has 5 nitrogen and oxygen atoms in total. The minimum atomic E-state index is -0.961. The van der Waals surface area contributed by atoms with E-state index in [1.165, 1.54) is 7.11 Å². The molecule has 2 fully saturated rings. The number of esters is 1. The van der Waals surface area contributed by atoms with Crippen molar-refractivity contribution < 1.29 is 23.8 Å². The molecule has 5 heteroatoms. The van der Waals surface area contributed by atoms with Crippen LogP contribution in [0, 0.1) is 5.41 Å². The average molecular weight is 270 g/mol. The lowest BCUT2D eigenvalue weighted by molar-refractivity contribution is -0.187. The van der Waals surface area contributed by atoms with E-state index in [0.29, 0.717) is 38.9 Å². The van der Waals surface area contributed by atoms with E-state index in [9.17, 15) is 9.59 Å². The number of carbonyl (C=O) groups excluding carboxylic acids is 2. The summed E-state index contributed by atoms with van der Waals surface area (Å²) in [4.78, 5) is 24.3. The van der Waals surface area contributed by atoms with Crippen molar-refractivity contribution in [2.45, 2.75) is 51.2 Å². The third-order valence-electron chi connectivity index (χ3n) is 4.07. The van der Waals surface area contributed by atoms with E-state index in [1.807, 2.05) is 0 Å². The first-order valence-electron chi connectivity index (χ1n) is 7.04. The molecule has 0 aromatic rings. The Morgan fingerprint density at radius 3 is 2.68 bits per heavy atom. The van der Waals surface area contributed by atoms with Crippen LogP contribution >= 0.6 is 0 Å². The Balaban J connectivity index is 2.00. The first kappa shape index (κ1) is 14.5. The number of ketones is 1.